The minimum atomic E-state index is -1.39. The van der Waals surface area contributed by atoms with Crippen molar-refractivity contribution < 1.29 is 14.3 Å². The normalized spacial score (nSPS) is 9.30. The van der Waals surface area contributed by atoms with Crippen molar-refractivity contribution >= 4 is 5.97 Å². The van der Waals surface area contributed by atoms with Crippen molar-refractivity contribution in [1.82, 2.24) is 9.97 Å². The molecule has 10 heavy (non-hydrogen) atoms. The fourth-order valence-corrected chi connectivity index (χ4v) is 0.470. The maximum atomic E-state index is 12.3. The van der Waals surface area contributed by atoms with Crippen LogP contribution < -0.4 is 0 Å². The molecule has 4 nitrogen and oxygen atoms in total. The molecule has 0 bridgehead atoms. The summed E-state index contributed by atoms with van der Waals surface area (Å²) < 4.78 is 12.3. The lowest BCUT2D eigenvalue weighted by Crippen LogP contribution is -2.03. The Morgan fingerprint density at radius 3 is 2.80 bits per heavy atom. The highest BCUT2D eigenvalue weighted by atomic mass is 19.1. The molecule has 52 valence electrons. The Balaban J connectivity index is 3.15. The first-order valence-corrected chi connectivity index (χ1v) is 2.40. The van der Waals surface area contributed by atoms with E-state index in [0.717, 1.165) is 12.5 Å². The number of aromatic nitrogens is 2. The van der Waals surface area contributed by atoms with E-state index in [0.29, 0.717) is 0 Å². The molecule has 0 aliphatic heterocycles. The third kappa shape index (κ3) is 1.07. The molecule has 0 aliphatic carbocycles. The molecule has 0 saturated carbocycles. The Morgan fingerprint density at radius 1 is 1.70 bits per heavy atom. The lowest BCUT2D eigenvalue weighted by atomic mass is 10.4. The molecule has 1 aromatic rings. The Kier molecular flexibility index (Phi) is 1.57. The third-order valence-corrected chi connectivity index (χ3v) is 0.870. The minimum absolute atomic E-state index is 0.602. The van der Waals surface area contributed by atoms with E-state index < -0.39 is 17.5 Å². The second-order valence-corrected chi connectivity index (χ2v) is 1.52. The predicted octanol–water partition coefficient (Wildman–Crippen LogP) is 0.314. The second-order valence-electron chi connectivity index (χ2n) is 1.52. The first kappa shape index (κ1) is 6.60. The van der Waals surface area contributed by atoms with Crippen LogP contribution in [0.25, 0.3) is 0 Å². The van der Waals surface area contributed by atoms with E-state index in [-0.39, 0.29) is 0 Å². The molecular formula is C5H3FN2O2. The highest BCUT2D eigenvalue weighted by molar-refractivity contribution is 5.85. The fraction of sp³-hybridized carbons (Fsp3) is 0. The van der Waals surface area contributed by atoms with Crippen LogP contribution in [-0.2, 0) is 0 Å². The average Bonchev–Trinajstić information content (AvgIpc) is 1.88. The van der Waals surface area contributed by atoms with Crippen molar-refractivity contribution in [2.75, 3.05) is 0 Å². The molecule has 0 radical (unpaired) electrons. The van der Waals surface area contributed by atoms with Gasteiger partial charge in [-0.3, -0.25) is 0 Å². The number of rotatable bonds is 1. The van der Waals surface area contributed by atoms with E-state index in [1.807, 2.05) is 0 Å². The van der Waals surface area contributed by atoms with Gasteiger partial charge in [0.25, 0.3) is 0 Å². The van der Waals surface area contributed by atoms with Gasteiger partial charge in [-0.25, -0.2) is 19.2 Å². The number of carboxylic acid groups (broad SMARTS) is 1. The number of carboxylic acids is 1. The molecule has 0 unspecified atom stereocenters. The predicted molar refractivity (Wildman–Crippen MR) is 28.9 cm³/mol. The monoisotopic (exact) mass is 142 g/mol. The highest BCUT2D eigenvalue weighted by Gasteiger charge is 2.09. The summed E-state index contributed by atoms with van der Waals surface area (Å²) in [5, 5.41) is 8.24. The lowest BCUT2D eigenvalue weighted by molar-refractivity contribution is 0.0684. The van der Waals surface area contributed by atoms with Gasteiger partial charge in [0.1, 0.15) is 6.33 Å². The summed E-state index contributed by atoms with van der Waals surface area (Å²) >= 11 is 0. The van der Waals surface area contributed by atoms with E-state index >= 15 is 0 Å². The van der Waals surface area contributed by atoms with Crippen LogP contribution in [0.2, 0.25) is 0 Å². The molecule has 1 heterocycles. The Morgan fingerprint density at radius 2 is 2.40 bits per heavy atom. The largest absolute Gasteiger partial charge is 0.476 e. The van der Waals surface area contributed by atoms with Crippen LogP contribution >= 0.6 is 0 Å². The summed E-state index contributed by atoms with van der Waals surface area (Å²) in [6.45, 7) is 0. The smallest absolute Gasteiger partial charge is 0.357 e. The first-order chi connectivity index (χ1) is 4.72. The maximum absolute atomic E-state index is 12.3. The Bertz CT molecular complexity index is 264. The maximum Gasteiger partial charge on any atom is 0.357 e. The van der Waals surface area contributed by atoms with Crippen molar-refractivity contribution in [2.45, 2.75) is 0 Å². The van der Waals surface area contributed by atoms with Crippen LogP contribution in [0.1, 0.15) is 10.5 Å². The van der Waals surface area contributed by atoms with Gasteiger partial charge in [0.05, 0.1) is 6.20 Å². The van der Waals surface area contributed by atoms with Gasteiger partial charge < -0.3 is 5.11 Å². The van der Waals surface area contributed by atoms with Crippen LogP contribution in [-0.4, -0.2) is 21.0 Å². The quantitative estimate of drug-likeness (QED) is 0.613. The van der Waals surface area contributed by atoms with Crippen molar-refractivity contribution in [3.8, 4) is 0 Å². The van der Waals surface area contributed by atoms with Gasteiger partial charge in [0.2, 0.25) is 0 Å². The summed E-state index contributed by atoms with van der Waals surface area (Å²) in [5.74, 6) is -2.31. The summed E-state index contributed by atoms with van der Waals surface area (Å²) in [7, 11) is 0. The number of carbonyl (C=O) groups is 1. The zero-order chi connectivity index (χ0) is 7.56. The molecule has 0 fully saturated rings. The summed E-state index contributed by atoms with van der Waals surface area (Å²) in [6, 6.07) is 0. The standard InChI is InChI=1S/C5H3FN2O2/c6-3-1-7-2-8-4(3)5(9)10/h1-2H,(H,9,10). The van der Waals surface area contributed by atoms with E-state index in [2.05, 4.69) is 9.97 Å². The number of nitrogens with zero attached hydrogens (tertiary/aromatic N) is 2. The third-order valence-electron chi connectivity index (χ3n) is 0.870. The molecule has 0 atom stereocenters. The van der Waals surface area contributed by atoms with Gasteiger partial charge in [0.15, 0.2) is 11.5 Å². The number of hydrogen-bond donors (Lipinski definition) is 1. The number of aromatic carboxylic acids is 1. The summed E-state index contributed by atoms with van der Waals surface area (Å²) in [5.41, 5.74) is -0.602. The molecule has 1 N–H and O–H groups in total. The number of hydrogen-bond acceptors (Lipinski definition) is 3. The topological polar surface area (TPSA) is 63.1 Å². The van der Waals surface area contributed by atoms with Gasteiger partial charge in [-0.05, 0) is 0 Å². The van der Waals surface area contributed by atoms with Crippen molar-refractivity contribution in [2.24, 2.45) is 0 Å². The van der Waals surface area contributed by atoms with Crippen LogP contribution in [0, 0.1) is 5.82 Å². The van der Waals surface area contributed by atoms with E-state index in [9.17, 15) is 9.18 Å². The molecule has 1 rings (SSSR count). The Hall–Kier alpha value is -1.52. The SMILES string of the molecule is O=C(O)c1ncncc1F. The molecular weight excluding hydrogens is 139 g/mol. The molecule has 0 spiro atoms. The van der Waals surface area contributed by atoms with Crippen LogP contribution in [0.15, 0.2) is 12.5 Å². The van der Waals surface area contributed by atoms with Crippen LogP contribution in [0.5, 0.6) is 0 Å². The molecule has 0 aromatic carbocycles. The van der Waals surface area contributed by atoms with Gasteiger partial charge >= 0.3 is 5.97 Å². The zero-order valence-corrected chi connectivity index (χ0v) is 4.78. The van der Waals surface area contributed by atoms with E-state index in [1.54, 1.807) is 0 Å². The molecule has 0 saturated heterocycles. The molecule has 5 heteroatoms. The minimum Gasteiger partial charge on any atom is -0.476 e. The number of halogens is 1. The highest BCUT2D eigenvalue weighted by Crippen LogP contribution is 1.98. The van der Waals surface area contributed by atoms with Crippen molar-refractivity contribution in [1.29, 1.82) is 0 Å². The van der Waals surface area contributed by atoms with E-state index in [4.69, 9.17) is 5.11 Å². The molecule has 1 aromatic heterocycles. The van der Waals surface area contributed by atoms with Gasteiger partial charge in [0, 0.05) is 0 Å². The van der Waals surface area contributed by atoms with Gasteiger partial charge in [-0.2, -0.15) is 0 Å². The molecule has 0 aliphatic rings. The van der Waals surface area contributed by atoms with E-state index in [1.165, 1.54) is 0 Å². The lowest BCUT2D eigenvalue weighted by Gasteiger charge is -1.91. The Labute approximate surface area is 55.4 Å². The molecule has 0 amide bonds. The van der Waals surface area contributed by atoms with Gasteiger partial charge in [-0.1, -0.05) is 0 Å². The zero-order valence-electron chi connectivity index (χ0n) is 4.78. The summed E-state index contributed by atoms with van der Waals surface area (Å²) in [6.07, 6.45) is 1.78. The van der Waals surface area contributed by atoms with Gasteiger partial charge in [-0.15, -0.1) is 0 Å². The van der Waals surface area contributed by atoms with Crippen molar-refractivity contribution in [3.63, 3.8) is 0 Å². The van der Waals surface area contributed by atoms with Crippen LogP contribution in [0.3, 0.4) is 0 Å². The second kappa shape index (κ2) is 2.38. The fourth-order valence-electron chi connectivity index (χ4n) is 0.470. The van der Waals surface area contributed by atoms with Crippen LogP contribution in [0.4, 0.5) is 4.39 Å². The first-order valence-electron chi connectivity index (χ1n) is 2.40. The summed E-state index contributed by atoms with van der Waals surface area (Å²) in [4.78, 5) is 16.6. The average molecular weight is 142 g/mol. The van der Waals surface area contributed by atoms with Crippen molar-refractivity contribution in [3.05, 3.63) is 24.0 Å².